The fourth-order valence-corrected chi connectivity index (χ4v) is 4.66. The van der Waals surface area contributed by atoms with Crippen molar-refractivity contribution in [3.05, 3.63) is 35.7 Å². The van der Waals surface area contributed by atoms with E-state index in [1.54, 1.807) is 18.4 Å². The molecule has 3 heterocycles. The second-order valence-electron chi connectivity index (χ2n) is 7.29. The van der Waals surface area contributed by atoms with E-state index in [1.807, 2.05) is 6.20 Å². The number of nitrogens with zero attached hydrogens (tertiary/aromatic N) is 4. The Labute approximate surface area is 149 Å². The van der Waals surface area contributed by atoms with Gasteiger partial charge in [0.25, 0.3) is 10.2 Å². The van der Waals surface area contributed by atoms with E-state index in [-0.39, 0.29) is 0 Å². The Kier molecular flexibility index (Phi) is 4.25. The molecule has 134 valence electrons. The van der Waals surface area contributed by atoms with Crippen LogP contribution in [0.3, 0.4) is 0 Å². The average Bonchev–Trinajstić information content (AvgIpc) is 3.46. The predicted octanol–water partition coefficient (Wildman–Crippen LogP) is 2.49. The quantitative estimate of drug-likeness (QED) is 0.840. The zero-order valence-electron chi connectivity index (χ0n) is 14.7. The van der Waals surface area contributed by atoms with Crippen LogP contribution in [0.4, 0.5) is 0 Å². The lowest BCUT2D eigenvalue weighted by Crippen LogP contribution is -2.44. The summed E-state index contributed by atoms with van der Waals surface area (Å²) in [4.78, 5) is 9.30. The van der Waals surface area contributed by atoms with Crippen molar-refractivity contribution < 1.29 is 8.42 Å². The van der Waals surface area contributed by atoms with Gasteiger partial charge in [-0.3, -0.25) is 0 Å². The molecule has 0 atom stereocenters. The predicted molar refractivity (Wildman–Crippen MR) is 97.7 cm³/mol. The Morgan fingerprint density at radius 3 is 2.44 bits per heavy atom. The van der Waals surface area contributed by atoms with Crippen molar-refractivity contribution in [2.45, 2.75) is 37.5 Å². The molecule has 0 bridgehead atoms. The Bertz CT molecular complexity index is 885. The van der Waals surface area contributed by atoms with E-state index in [2.05, 4.69) is 23.2 Å². The molecule has 7 heteroatoms. The molecular weight excluding hydrogens is 336 g/mol. The van der Waals surface area contributed by atoms with Gasteiger partial charge in [0.2, 0.25) is 0 Å². The minimum absolute atomic E-state index is 0.294. The summed E-state index contributed by atoms with van der Waals surface area (Å²) >= 11 is 0. The number of rotatable bonds is 4. The summed E-state index contributed by atoms with van der Waals surface area (Å²) in [6, 6.07) is 6.41. The molecule has 0 N–H and O–H groups in total. The van der Waals surface area contributed by atoms with Crippen molar-refractivity contribution in [3.8, 4) is 0 Å². The molecule has 2 aromatic rings. The number of piperidine rings is 1. The van der Waals surface area contributed by atoms with Crippen LogP contribution in [0.15, 0.2) is 24.4 Å². The third kappa shape index (κ3) is 3.28. The molecule has 4 rings (SSSR count). The third-order valence-electron chi connectivity index (χ3n) is 5.29. The molecule has 25 heavy (non-hydrogen) atoms. The molecular formula is C18H24N4O2S. The maximum absolute atomic E-state index is 12.2. The SMILES string of the molecule is CN(C)S(=O)(=O)N1CCC(c2ccc3cc(C4CC4)cnc3n2)CC1. The number of fused-ring (bicyclic) bond motifs is 1. The Balaban J connectivity index is 1.50. The average molecular weight is 360 g/mol. The van der Waals surface area contributed by atoms with Crippen LogP contribution in [0.2, 0.25) is 0 Å². The molecule has 1 saturated carbocycles. The molecule has 0 unspecified atom stereocenters. The van der Waals surface area contributed by atoms with Crippen LogP contribution in [-0.4, -0.2) is 54.2 Å². The van der Waals surface area contributed by atoms with Crippen molar-refractivity contribution in [1.82, 2.24) is 18.6 Å². The van der Waals surface area contributed by atoms with Gasteiger partial charge in [0.05, 0.1) is 0 Å². The van der Waals surface area contributed by atoms with Gasteiger partial charge in [-0.25, -0.2) is 9.97 Å². The van der Waals surface area contributed by atoms with E-state index in [1.165, 1.54) is 22.7 Å². The Morgan fingerprint density at radius 1 is 1.08 bits per heavy atom. The summed E-state index contributed by atoms with van der Waals surface area (Å²) in [7, 11) is -0.159. The van der Waals surface area contributed by atoms with E-state index >= 15 is 0 Å². The van der Waals surface area contributed by atoms with Gasteiger partial charge in [0.15, 0.2) is 5.65 Å². The molecule has 1 aliphatic heterocycles. The monoisotopic (exact) mass is 360 g/mol. The van der Waals surface area contributed by atoms with Crippen molar-refractivity contribution in [2.75, 3.05) is 27.2 Å². The van der Waals surface area contributed by atoms with Crippen LogP contribution in [0.1, 0.15) is 48.8 Å². The van der Waals surface area contributed by atoms with Crippen LogP contribution in [0, 0.1) is 0 Å². The second-order valence-corrected chi connectivity index (χ2v) is 9.43. The third-order valence-corrected chi connectivity index (χ3v) is 7.23. The summed E-state index contributed by atoms with van der Waals surface area (Å²) in [6.45, 7) is 1.08. The molecule has 0 amide bonds. The first kappa shape index (κ1) is 16.9. The lowest BCUT2D eigenvalue weighted by Gasteiger charge is -2.32. The minimum Gasteiger partial charge on any atom is -0.236 e. The van der Waals surface area contributed by atoms with Gasteiger partial charge in [-0.15, -0.1) is 0 Å². The number of aromatic nitrogens is 2. The van der Waals surface area contributed by atoms with E-state index in [9.17, 15) is 8.42 Å². The van der Waals surface area contributed by atoms with Crippen molar-refractivity contribution in [2.24, 2.45) is 0 Å². The van der Waals surface area contributed by atoms with Crippen LogP contribution in [-0.2, 0) is 10.2 Å². The summed E-state index contributed by atoms with van der Waals surface area (Å²) < 4.78 is 27.3. The maximum atomic E-state index is 12.2. The van der Waals surface area contributed by atoms with Crippen LogP contribution >= 0.6 is 0 Å². The topological polar surface area (TPSA) is 66.4 Å². The van der Waals surface area contributed by atoms with Gasteiger partial charge in [-0.05, 0) is 55.4 Å². The van der Waals surface area contributed by atoms with Crippen LogP contribution in [0.25, 0.3) is 11.0 Å². The molecule has 6 nitrogen and oxygen atoms in total. The normalized spacial score (nSPS) is 20.4. The molecule has 2 aromatic heterocycles. The highest BCUT2D eigenvalue weighted by atomic mass is 32.2. The molecule has 0 spiro atoms. The van der Waals surface area contributed by atoms with Gasteiger partial charge in [-0.2, -0.15) is 17.0 Å². The molecule has 2 aliphatic rings. The van der Waals surface area contributed by atoms with Gasteiger partial charge < -0.3 is 0 Å². The standard InChI is InChI=1S/C18H24N4O2S/c1-21(2)25(23,24)22-9-7-14(8-10-22)17-6-5-15-11-16(13-3-4-13)12-19-18(15)20-17/h5-6,11-14H,3-4,7-10H2,1-2H3. The molecule has 0 aromatic carbocycles. The van der Waals surface area contributed by atoms with Crippen molar-refractivity contribution >= 4 is 21.2 Å². The highest BCUT2D eigenvalue weighted by molar-refractivity contribution is 7.86. The molecule has 1 aliphatic carbocycles. The van der Waals surface area contributed by atoms with Gasteiger partial charge >= 0.3 is 0 Å². The van der Waals surface area contributed by atoms with Crippen molar-refractivity contribution in [3.63, 3.8) is 0 Å². The highest BCUT2D eigenvalue weighted by Gasteiger charge is 2.30. The second kappa shape index (κ2) is 6.30. The smallest absolute Gasteiger partial charge is 0.236 e. The summed E-state index contributed by atoms with van der Waals surface area (Å²) in [5, 5.41) is 1.10. The van der Waals surface area contributed by atoms with Gasteiger partial charge in [0, 0.05) is 50.4 Å². The minimum atomic E-state index is -3.31. The summed E-state index contributed by atoms with van der Waals surface area (Å²) in [6.07, 6.45) is 6.10. The van der Waals surface area contributed by atoms with Crippen LogP contribution in [0.5, 0.6) is 0 Å². The lowest BCUT2D eigenvalue weighted by molar-refractivity contribution is 0.300. The fourth-order valence-electron chi connectivity index (χ4n) is 3.52. The number of pyridine rings is 2. The molecule has 0 radical (unpaired) electrons. The first-order valence-electron chi connectivity index (χ1n) is 8.89. The molecule has 1 saturated heterocycles. The summed E-state index contributed by atoms with van der Waals surface area (Å²) in [5.74, 6) is 0.988. The van der Waals surface area contributed by atoms with Gasteiger partial charge in [0.1, 0.15) is 0 Å². The maximum Gasteiger partial charge on any atom is 0.281 e. The van der Waals surface area contributed by atoms with Gasteiger partial charge in [-0.1, -0.05) is 0 Å². The van der Waals surface area contributed by atoms with Crippen LogP contribution < -0.4 is 0 Å². The van der Waals surface area contributed by atoms with E-state index in [0.29, 0.717) is 24.9 Å². The van der Waals surface area contributed by atoms with Crippen molar-refractivity contribution in [1.29, 1.82) is 0 Å². The first-order chi connectivity index (χ1) is 11.9. The largest absolute Gasteiger partial charge is 0.281 e. The Morgan fingerprint density at radius 2 is 1.80 bits per heavy atom. The number of hydrogen-bond donors (Lipinski definition) is 0. The zero-order valence-corrected chi connectivity index (χ0v) is 15.5. The summed E-state index contributed by atoms with van der Waals surface area (Å²) in [5.41, 5.74) is 3.15. The van der Waals surface area contributed by atoms with E-state index in [4.69, 9.17) is 4.98 Å². The van der Waals surface area contributed by atoms with E-state index in [0.717, 1.165) is 29.6 Å². The number of hydrogen-bond acceptors (Lipinski definition) is 4. The highest BCUT2D eigenvalue weighted by Crippen LogP contribution is 2.40. The fraction of sp³-hybridized carbons (Fsp3) is 0.556. The lowest BCUT2D eigenvalue weighted by atomic mass is 9.94. The van der Waals surface area contributed by atoms with E-state index < -0.39 is 10.2 Å². The first-order valence-corrected chi connectivity index (χ1v) is 10.3. The Hall–Kier alpha value is -1.57. The molecule has 2 fully saturated rings. The zero-order chi connectivity index (χ0) is 17.6.